The Bertz CT molecular complexity index is 260. The lowest BCUT2D eigenvalue weighted by atomic mass is 10.2. The highest BCUT2D eigenvalue weighted by atomic mass is 19.1. The summed E-state index contributed by atoms with van der Waals surface area (Å²) in [6.45, 7) is 0. The Hall–Kier alpha value is -1.38. The van der Waals surface area contributed by atoms with Gasteiger partial charge in [-0.3, -0.25) is 0 Å². The molecule has 1 radical (unpaired) electrons. The van der Waals surface area contributed by atoms with E-state index < -0.39 is 5.82 Å². The van der Waals surface area contributed by atoms with Gasteiger partial charge in [0.2, 0.25) is 0 Å². The number of hydrogen-bond acceptors (Lipinski definition) is 2. The van der Waals surface area contributed by atoms with Gasteiger partial charge in [-0.1, -0.05) is 17.3 Å². The number of rotatable bonds is 2. The van der Waals surface area contributed by atoms with E-state index in [2.05, 4.69) is 16.1 Å². The molecule has 0 amide bonds. The highest BCUT2D eigenvalue weighted by Gasteiger charge is 1.90. The van der Waals surface area contributed by atoms with Gasteiger partial charge in [0.15, 0.2) is 0 Å². The van der Waals surface area contributed by atoms with Crippen LogP contribution in [0.4, 0.5) is 4.39 Å². The zero-order chi connectivity index (χ0) is 8.10. The van der Waals surface area contributed by atoms with Gasteiger partial charge in [-0.15, -0.1) is 0 Å². The fourth-order valence-corrected chi connectivity index (χ4v) is 0.642. The third kappa shape index (κ3) is 2.37. The first kappa shape index (κ1) is 7.72. The molecular weight excluding hydrogens is 145 g/mol. The number of halogens is 1. The average molecular weight is 152 g/mol. The van der Waals surface area contributed by atoms with Gasteiger partial charge in [-0.05, 0) is 6.07 Å². The molecule has 0 fully saturated rings. The number of nitrogens with zero attached hydrogens (tertiary/aromatic N) is 1. The first-order chi connectivity index (χ1) is 5.33. The summed E-state index contributed by atoms with van der Waals surface area (Å²) in [5, 5.41) is 3.46. The Morgan fingerprint density at radius 1 is 1.64 bits per heavy atom. The Balaban J connectivity index is 2.79. The van der Waals surface area contributed by atoms with Crippen LogP contribution in [0.25, 0.3) is 0 Å². The Kier molecular flexibility index (Phi) is 2.60. The molecule has 57 valence electrons. The van der Waals surface area contributed by atoms with E-state index >= 15 is 0 Å². The van der Waals surface area contributed by atoms with Crippen molar-refractivity contribution in [1.82, 2.24) is 0 Å². The van der Waals surface area contributed by atoms with E-state index in [0.29, 0.717) is 5.56 Å². The summed E-state index contributed by atoms with van der Waals surface area (Å²) in [6, 6.07) is 7.04. The highest BCUT2D eigenvalue weighted by molar-refractivity contribution is 5.78. The Morgan fingerprint density at radius 3 is 3.09 bits per heavy atom. The zero-order valence-corrected chi connectivity index (χ0v) is 6.04. The van der Waals surface area contributed by atoms with Gasteiger partial charge in [0.25, 0.3) is 0 Å². The molecule has 1 aromatic rings. The number of hydrogen-bond donors (Lipinski definition) is 0. The van der Waals surface area contributed by atoms with Crippen LogP contribution in [0.3, 0.4) is 0 Å². The van der Waals surface area contributed by atoms with Crippen molar-refractivity contribution in [2.75, 3.05) is 7.11 Å². The molecule has 0 spiro atoms. The van der Waals surface area contributed by atoms with Crippen molar-refractivity contribution in [3.05, 3.63) is 35.6 Å². The summed E-state index contributed by atoms with van der Waals surface area (Å²) in [4.78, 5) is 4.41. The summed E-state index contributed by atoms with van der Waals surface area (Å²) >= 11 is 0. The smallest absolute Gasteiger partial charge is 0.131 e. The molecule has 0 bridgehead atoms. The summed E-state index contributed by atoms with van der Waals surface area (Å²) in [7, 11) is 1.43. The molecule has 0 unspecified atom stereocenters. The molecule has 0 saturated heterocycles. The minimum Gasteiger partial charge on any atom is -0.399 e. The van der Waals surface area contributed by atoms with Crippen LogP contribution in [0.5, 0.6) is 0 Å². The van der Waals surface area contributed by atoms with Gasteiger partial charge in [0.1, 0.15) is 12.9 Å². The fourth-order valence-electron chi connectivity index (χ4n) is 0.642. The predicted octanol–water partition coefficient (Wildman–Crippen LogP) is 1.61. The molecule has 0 aliphatic rings. The summed E-state index contributed by atoms with van der Waals surface area (Å²) in [5.41, 5.74) is 0.562. The van der Waals surface area contributed by atoms with E-state index in [1.165, 1.54) is 19.4 Å². The minimum absolute atomic E-state index is 0.398. The van der Waals surface area contributed by atoms with Gasteiger partial charge >= 0.3 is 0 Å². The molecule has 1 rings (SSSR count). The van der Waals surface area contributed by atoms with Gasteiger partial charge in [-0.25, -0.2) is 4.39 Å². The minimum atomic E-state index is -0.398. The maximum atomic E-state index is 12.4. The van der Waals surface area contributed by atoms with Crippen LogP contribution in [-0.4, -0.2) is 13.3 Å². The standard InChI is InChI=1S/C8H7FNO/c1-11-10-6-7-3-2-4-8(9)5-7/h2-4,6H,1H3/b10-6-. The van der Waals surface area contributed by atoms with E-state index in [9.17, 15) is 4.39 Å². The Labute approximate surface area is 64.3 Å². The second-order valence-corrected chi connectivity index (χ2v) is 1.87. The van der Waals surface area contributed by atoms with Gasteiger partial charge in [-0.2, -0.15) is 0 Å². The maximum absolute atomic E-state index is 12.4. The summed E-state index contributed by atoms with van der Waals surface area (Å²) < 4.78 is 12.4. The normalized spacial score (nSPS) is 10.4. The molecule has 0 saturated carbocycles. The molecule has 3 heteroatoms. The molecule has 0 aliphatic heterocycles. The molecule has 0 N–H and O–H groups in total. The van der Waals surface area contributed by atoms with E-state index in [1.54, 1.807) is 12.1 Å². The molecule has 0 aliphatic carbocycles. The molecule has 0 heterocycles. The summed E-state index contributed by atoms with van der Waals surface area (Å²) in [5.74, 6) is -0.398. The number of benzene rings is 1. The quantitative estimate of drug-likeness (QED) is 0.466. The van der Waals surface area contributed by atoms with Crippen LogP contribution in [0.2, 0.25) is 0 Å². The van der Waals surface area contributed by atoms with E-state index in [1.807, 2.05) is 0 Å². The molecule has 0 atom stereocenters. The van der Waals surface area contributed by atoms with Crippen LogP contribution < -0.4 is 0 Å². The van der Waals surface area contributed by atoms with Crippen LogP contribution in [-0.2, 0) is 4.84 Å². The van der Waals surface area contributed by atoms with Crippen molar-refractivity contribution in [1.29, 1.82) is 0 Å². The third-order valence-electron chi connectivity index (χ3n) is 1.08. The lowest BCUT2D eigenvalue weighted by molar-refractivity contribution is 0.215. The van der Waals surface area contributed by atoms with Crippen molar-refractivity contribution in [3.8, 4) is 0 Å². The largest absolute Gasteiger partial charge is 0.399 e. The van der Waals surface area contributed by atoms with Crippen molar-refractivity contribution in [2.24, 2.45) is 5.16 Å². The Morgan fingerprint density at radius 2 is 2.45 bits per heavy atom. The second kappa shape index (κ2) is 3.71. The number of oxime groups is 1. The van der Waals surface area contributed by atoms with Gasteiger partial charge in [0, 0.05) is 11.6 Å². The van der Waals surface area contributed by atoms with Crippen LogP contribution >= 0.6 is 0 Å². The van der Waals surface area contributed by atoms with Crippen molar-refractivity contribution in [2.45, 2.75) is 0 Å². The van der Waals surface area contributed by atoms with E-state index in [-0.39, 0.29) is 0 Å². The molecule has 1 aromatic carbocycles. The first-order valence-electron chi connectivity index (χ1n) is 3.07. The van der Waals surface area contributed by atoms with Crippen LogP contribution in [0, 0.1) is 11.9 Å². The molecule has 11 heavy (non-hydrogen) atoms. The van der Waals surface area contributed by atoms with Crippen molar-refractivity contribution < 1.29 is 9.23 Å². The van der Waals surface area contributed by atoms with Crippen molar-refractivity contribution >= 4 is 6.21 Å². The highest BCUT2D eigenvalue weighted by Crippen LogP contribution is 1.98. The fraction of sp³-hybridized carbons (Fsp3) is 0.125. The van der Waals surface area contributed by atoms with Crippen LogP contribution in [0.15, 0.2) is 23.4 Å². The summed E-state index contributed by atoms with van der Waals surface area (Å²) in [6.07, 6.45) is 1.39. The van der Waals surface area contributed by atoms with Crippen molar-refractivity contribution in [3.63, 3.8) is 0 Å². The zero-order valence-electron chi connectivity index (χ0n) is 6.04. The lowest BCUT2D eigenvalue weighted by Crippen LogP contribution is -1.83. The van der Waals surface area contributed by atoms with Crippen LogP contribution in [0.1, 0.15) is 5.56 Å². The monoisotopic (exact) mass is 152 g/mol. The average Bonchev–Trinajstić information content (AvgIpc) is 2.01. The lowest BCUT2D eigenvalue weighted by Gasteiger charge is -1.90. The molecule has 2 nitrogen and oxygen atoms in total. The van der Waals surface area contributed by atoms with Gasteiger partial charge < -0.3 is 4.84 Å². The second-order valence-electron chi connectivity index (χ2n) is 1.87. The third-order valence-corrected chi connectivity index (χ3v) is 1.08. The predicted molar refractivity (Wildman–Crippen MR) is 39.8 cm³/mol. The SMILES string of the molecule is CO/N=C\c1[c]c(F)ccc1. The maximum Gasteiger partial charge on any atom is 0.131 e. The molecule has 0 aromatic heterocycles. The first-order valence-corrected chi connectivity index (χ1v) is 3.07. The molecular formula is C8H7FNO. The van der Waals surface area contributed by atoms with Gasteiger partial charge in [0.05, 0.1) is 6.21 Å². The van der Waals surface area contributed by atoms with E-state index in [4.69, 9.17) is 0 Å². The topological polar surface area (TPSA) is 21.6 Å². The van der Waals surface area contributed by atoms with E-state index in [0.717, 1.165) is 0 Å².